The van der Waals surface area contributed by atoms with Gasteiger partial charge in [-0.1, -0.05) is 42.1 Å². The van der Waals surface area contributed by atoms with E-state index in [4.69, 9.17) is 0 Å². The summed E-state index contributed by atoms with van der Waals surface area (Å²) in [4.78, 5) is 12.3. The summed E-state index contributed by atoms with van der Waals surface area (Å²) in [6.07, 6.45) is 0.795. The van der Waals surface area contributed by atoms with Crippen molar-refractivity contribution >= 4 is 23.4 Å². The van der Waals surface area contributed by atoms with Crippen molar-refractivity contribution in [3.05, 3.63) is 41.7 Å². The number of benzene rings is 1. The van der Waals surface area contributed by atoms with Gasteiger partial charge in [0, 0.05) is 13.5 Å². The molecule has 0 bridgehead atoms. The summed E-state index contributed by atoms with van der Waals surface area (Å²) in [6.45, 7) is 2.53. The normalized spacial score (nSPS) is 14.3. The Kier molecular flexibility index (Phi) is 4.24. The molecule has 0 atom stereocenters. The van der Waals surface area contributed by atoms with Crippen molar-refractivity contribution < 1.29 is 4.79 Å². The van der Waals surface area contributed by atoms with Crippen LogP contribution in [0.25, 0.3) is 0 Å². The summed E-state index contributed by atoms with van der Waals surface area (Å²) in [6, 6.07) is 9.97. The summed E-state index contributed by atoms with van der Waals surface area (Å²) in [7, 11) is 1.89. The van der Waals surface area contributed by atoms with Crippen LogP contribution in [-0.4, -0.2) is 43.7 Å². The van der Waals surface area contributed by atoms with E-state index in [1.807, 2.05) is 48.9 Å². The molecule has 1 aliphatic heterocycles. The molecule has 0 radical (unpaired) electrons. The lowest BCUT2D eigenvalue weighted by atomic mass is 10.1. The predicted molar refractivity (Wildman–Crippen MR) is 85.8 cm³/mol. The molecular formula is C15H17N5OS. The molecule has 1 aliphatic rings. The van der Waals surface area contributed by atoms with E-state index < -0.39 is 0 Å². The molecule has 0 unspecified atom stereocenters. The smallest absolute Gasteiger partial charge is 0.253 e. The molecule has 0 saturated carbocycles. The Morgan fingerprint density at radius 1 is 1.27 bits per heavy atom. The molecule has 1 aromatic heterocycles. The molecule has 3 rings (SSSR count). The highest BCUT2D eigenvalue weighted by molar-refractivity contribution is 7.99. The number of carbonyl (C=O) groups excluding carboxylic acids is 1. The van der Waals surface area contributed by atoms with Crippen molar-refractivity contribution in [1.29, 1.82) is 0 Å². The van der Waals surface area contributed by atoms with E-state index >= 15 is 0 Å². The number of thioether (sulfide) groups is 1. The number of rotatable bonds is 4. The van der Waals surface area contributed by atoms with Gasteiger partial charge in [-0.25, -0.2) is 5.01 Å². The van der Waals surface area contributed by atoms with E-state index in [0.717, 1.165) is 28.7 Å². The van der Waals surface area contributed by atoms with Gasteiger partial charge in [-0.05, 0) is 12.5 Å². The zero-order chi connectivity index (χ0) is 15.5. The summed E-state index contributed by atoms with van der Waals surface area (Å²) in [5.74, 6) is 1.15. The average molecular weight is 315 g/mol. The number of aryl methyl sites for hydroxylation is 1. The second-order valence-electron chi connectivity index (χ2n) is 5.06. The Morgan fingerprint density at radius 3 is 2.73 bits per heavy atom. The Bertz CT molecular complexity index is 710. The maximum atomic E-state index is 12.3. The first-order chi connectivity index (χ1) is 10.6. The number of hydrogen-bond acceptors (Lipinski definition) is 5. The van der Waals surface area contributed by atoms with Crippen molar-refractivity contribution in [2.24, 2.45) is 12.1 Å². The van der Waals surface area contributed by atoms with Gasteiger partial charge >= 0.3 is 0 Å². The predicted octanol–water partition coefficient (Wildman–Crippen LogP) is 1.85. The monoisotopic (exact) mass is 315 g/mol. The Balaban J connectivity index is 1.62. The Morgan fingerprint density at radius 2 is 2.05 bits per heavy atom. The number of carbonyl (C=O) groups is 1. The fraction of sp³-hybridized carbons (Fsp3) is 0.333. The molecule has 6 nitrogen and oxygen atoms in total. The minimum Gasteiger partial charge on any atom is -0.309 e. The lowest BCUT2D eigenvalue weighted by molar-refractivity contribution is -0.127. The van der Waals surface area contributed by atoms with E-state index in [-0.39, 0.29) is 5.91 Å². The molecule has 0 aliphatic carbocycles. The number of amides is 1. The summed E-state index contributed by atoms with van der Waals surface area (Å²) < 4.78 is 1.88. The van der Waals surface area contributed by atoms with Crippen LogP contribution in [0, 0.1) is 6.92 Å². The second-order valence-corrected chi connectivity index (χ2v) is 6.00. The summed E-state index contributed by atoms with van der Waals surface area (Å²) >= 11 is 1.39. The van der Waals surface area contributed by atoms with Gasteiger partial charge in [0.05, 0.1) is 18.0 Å². The second kappa shape index (κ2) is 6.31. The first-order valence-corrected chi connectivity index (χ1v) is 8.06. The fourth-order valence-corrected chi connectivity index (χ4v) is 3.01. The van der Waals surface area contributed by atoms with Gasteiger partial charge in [-0.2, -0.15) is 5.10 Å². The zero-order valence-electron chi connectivity index (χ0n) is 12.6. The topological polar surface area (TPSA) is 63.4 Å². The van der Waals surface area contributed by atoms with Crippen LogP contribution >= 0.6 is 11.8 Å². The van der Waals surface area contributed by atoms with Crippen molar-refractivity contribution in [2.45, 2.75) is 18.5 Å². The van der Waals surface area contributed by atoms with Crippen LogP contribution in [0.15, 0.2) is 40.6 Å². The van der Waals surface area contributed by atoms with Crippen molar-refractivity contribution in [3.63, 3.8) is 0 Å². The third kappa shape index (κ3) is 3.04. The average Bonchev–Trinajstić information content (AvgIpc) is 3.15. The molecule has 0 saturated heterocycles. The van der Waals surface area contributed by atoms with Crippen molar-refractivity contribution in [2.75, 3.05) is 12.3 Å². The minimum absolute atomic E-state index is 0.00316. The van der Waals surface area contributed by atoms with Gasteiger partial charge < -0.3 is 4.57 Å². The summed E-state index contributed by atoms with van der Waals surface area (Å²) in [5, 5.41) is 14.8. The highest BCUT2D eigenvalue weighted by Crippen LogP contribution is 2.18. The van der Waals surface area contributed by atoms with Gasteiger partial charge in [-0.3, -0.25) is 4.79 Å². The van der Waals surface area contributed by atoms with Gasteiger partial charge in [0.25, 0.3) is 5.91 Å². The lowest BCUT2D eigenvalue weighted by Crippen LogP contribution is -2.25. The van der Waals surface area contributed by atoms with Crippen LogP contribution in [0.5, 0.6) is 0 Å². The van der Waals surface area contributed by atoms with Crippen LogP contribution in [0.1, 0.15) is 17.8 Å². The van der Waals surface area contributed by atoms with E-state index in [0.29, 0.717) is 12.3 Å². The van der Waals surface area contributed by atoms with Gasteiger partial charge in [0.2, 0.25) is 0 Å². The first kappa shape index (κ1) is 14.8. The fourth-order valence-electron chi connectivity index (χ4n) is 2.18. The maximum Gasteiger partial charge on any atom is 0.253 e. The molecule has 2 heterocycles. The van der Waals surface area contributed by atoms with Crippen LogP contribution < -0.4 is 0 Å². The molecule has 1 amide bonds. The van der Waals surface area contributed by atoms with E-state index in [2.05, 4.69) is 15.3 Å². The van der Waals surface area contributed by atoms with Crippen LogP contribution in [0.3, 0.4) is 0 Å². The highest BCUT2D eigenvalue weighted by atomic mass is 32.2. The molecule has 0 N–H and O–H groups in total. The van der Waals surface area contributed by atoms with Gasteiger partial charge in [0.1, 0.15) is 5.82 Å². The molecule has 7 heteroatoms. The molecular weight excluding hydrogens is 298 g/mol. The SMILES string of the molecule is Cc1nnc(SCC(=O)N2CCC(c3ccccc3)=N2)n1C. The Labute approximate surface area is 133 Å². The van der Waals surface area contributed by atoms with E-state index in [9.17, 15) is 4.79 Å². The first-order valence-electron chi connectivity index (χ1n) is 7.07. The summed E-state index contributed by atoms with van der Waals surface area (Å²) in [5.41, 5.74) is 2.04. The standard InChI is InChI=1S/C15H17N5OS/c1-11-16-17-15(19(11)2)22-10-14(21)20-9-8-13(18-20)12-6-4-3-5-7-12/h3-7H,8-10H2,1-2H3. The van der Waals surface area contributed by atoms with Crippen LogP contribution in [0.2, 0.25) is 0 Å². The van der Waals surface area contributed by atoms with E-state index in [1.54, 1.807) is 5.01 Å². The van der Waals surface area contributed by atoms with Crippen molar-refractivity contribution in [1.82, 2.24) is 19.8 Å². The molecule has 22 heavy (non-hydrogen) atoms. The minimum atomic E-state index is -0.00316. The quantitative estimate of drug-likeness (QED) is 0.808. The van der Waals surface area contributed by atoms with Crippen LogP contribution in [-0.2, 0) is 11.8 Å². The third-order valence-corrected chi connectivity index (χ3v) is 4.58. The molecule has 0 spiro atoms. The largest absolute Gasteiger partial charge is 0.309 e. The number of nitrogens with zero attached hydrogens (tertiary/aromatic N) is 5. The maximum absolute atomic E-state index is 12.3. The number of hydrazone groups is 1. The zero-order valence-corrected chi connectivity index (χ0v) is 13.4. The molecule has 1 aromatic carbocycles. The number of hydrogen-bond donors (Lipinski definition) is 0. The molecule has 0 fully saturated rings. The van der Waals surface area contributed by atoms with E-state index in [1.165, 1.54) is 11.8 Å². The van der Waals surface area contributed by atoms with Crippen molar-refractivity contribution in [3.8, 4) is 0 Å². The number of aromatic nitrogens is 3. The van der Waals surface area contributed by atoms with Gasteiger partial charge in [-0.15, -0.1) is 10.2 Å². The van der Waals surface area contributed by atoms with Gasteiger partial charge in [0.15, 0.2) is 5.16 Å². The Hall–Kier alpha value is -2.15. The van der Waals surface area contributed by atoms with Crippen LogP contribution in [0.4, 0.5) is 0 Å². The third-order valence-electron chi connectivity index (χ3n) is 3.57. The molecule has 2 aromatic rings. The lowest BCUT2D eigenvalue weighted by Gasteiger charge is -2.10. The highest BCUT2D eigenvalue weighted by Gasteiger charge is 2.22. The molecule has 114 valence electrons.